The fraction of sp³-hybridized carbons (Fsp3) is 0.286. The number of benzene rings is 1. The highest BCUT2D eigenvalue weighted by Gasteiger charge is 2.40. The third-order valence-electron chi connectivity index (χ3n) is 2.65. The highest BCUT2D eigenvalue weighted by Crippen LogP contribution is 2.11. The van der Waals surface area contributed by atoms with E-state index in [2.05, 4.69) is 4.74 Å². The van der Waals surface area contributed by atoms with E-state index in [0.717, 1.165) is 4.90 Å². The van der Waals surface area contributed by atoms with Crippen LogP contribution in [0, 0.1) is 0 Å². The Balaban J connectivity index is 3.00. The molecule has 0 aliphatic heterocycles. The van der Waals surface area contributed by atoms with E-state index in [-0.39, 0.29) is 12.0 Å². The van der Waals surface area contributed by atoms with E-state index in [1.165, 1.54) is 26.2 Å². The van der Waals surface area contributed by atoms with Crippen LogP contribution in [0.3, 0.4) is 0 Å². The van der Waals surface area contributed by atoms with Gasteiger partial charge >= 0.3 is 11.9 Å². The standard InChI is InChI=1S/C14H15NO7/c1-15(2)12(17)10(21-8-16)11(13(18)19)22-14(20)9-6-4-3-5-7-9/h3-8,10-11H,1-2H3,(H,18,19). The number of esters is 1. The van der Waals surface area contributed by atoms with E-state index in [9.17, 15) is 19.2 Å². The molecule has 0 saturated carbocycles. The number of likely N-dealkylation sites (N-methyl/N-ethyl adjacent to an activating group) is 1. The molecule has 2 atom stereocenters. The molecular weight excluding hydrogens is 294 g/mol. The minimum atomic E-state index is -1.95. The first-order valence-electron chi connectivity index (χ1n) is 6.17. The molecule has 1 rings (SSSR count). The zero-order valence-electron chi connectivity index (χ0n) is 12.0. The second-order valence-electron chi connectivity index (χ2n) is 4.42. The molecule has 22 heavy (non-hydrogen) atoms. The van der Waals surface area contributed by atoms with Crippen LogP contribution in [0.25, 0.3) is 0 Å². The number of hydrogen-bond donors (Lipinski definition) is 1. The van der Waals surface area contributed by atoms with E-state index in [1.54, 1.807) is 18.2 Å². The minimum absolute atomic E-state index is 0.0711. The maximum Gasteiger partial charge on any atom is 0.349 e. The Morgan fingerprint density at radius 3 is 2.18 bits per heavy atom. The molecule has 1 aromatic rings. The maximum atomic E-state index is 11.9. The SMILES string of the molecule is CN(C)C(=O)C(OC=O)C(OC(=O)c1ccccc1)C(=O)O. The first-order valence-corrected chi connectivity index (χ1v) is 6.17. The summed E-state index contributed by atoms with van der Waals surface area (Å²) in [6.45, 7) is -0.0711. The Bertz CT molecular complexity index is 556. The fourth-order valence-electron chi connectivity index (χ4n) is 1.57. The van der Waals surface area contributed by atoms with Crippen LogP contribution in [0.5, 0.6) is 0 Å². The van der Waals surface area contributed by atoms with Crippen molar-refractivity contribution in [3.8, 4) is 0 Å². The van der Waals surface area contributed by atoms with Crippen LogP contribution in [-0.4, -0.2) is 60.6 Å². The monoisotopic (exact) mass is 309 g/mol. The third kappa shape index (κ3) is 4.30. The van der Waals surface area contributed by atoms with Crippen molar-refractivity contribution in [2.75, 3.05) is 14.1 Å². The molecule has 0 fully saturated rings. The van der Waals surface area contributed by atoms with E-state index in [0.29, 0.717) is 0 Å². The van der Waals surface area contributed by atoms with E-state index in [1.807, 2.05) is 0 Å². The number of rotatable bonds is 7. The van der Waals surface area contributed by atoms with Gasteiger partial charge in [0.1, 0.15) is 0 Å². The molecule has 1 amide bonds. The summed E-state index contributed by atoms with van der Waals surface area (Å²) >= 11 is 0. The average molecular weight is 309 g/mol. The summed E-state index contributed by atoms with van der Waals surface area (Å²) in [7, 11) is 2.70. The van der Waals surface area contributed by atoms with Crippen molar-refractivity contribution in [1.29, 1.82) is 0 Å². The van der Waals surface area contributed by atoms with Gasteiger partial charge in [-0.15, -0.1) is 0 Å². The predicted molar refractivity (Wildman–Crippen MR) is 72.9 cm³/mol. The molecular formula is C14H15NO7. The summed E-state index contributed by atoms with van der Waals surface area (Å²) in [6.07, 6.45) is -3.72. The van der Waals surface area contributed by atoms with Crippen molar-refractivity contribution in [2.24, 2.45) is 0 Å². The zero-order chi connectivity index (χ0) is 16.7. The molecule has 1 aromatic carbocycles. The van der Waals surface area contributed by atoms with Crippen LogP contribution < -0.4 is 0 Å². The lowest BCUT2D eigenvalue weighted by Crippen LogP contribution is -2.49. The number of carboxylic acids is 1. The van der Waals surface area contributed by atoms with Gasteiger partial charge in [-0.2, -0.15) is 0 Å². The second-order valence-corrected chi connectivity index (χ2v) is 4.42. The van der Waals surface area contributed by atoms with Crippen molar-refractivity contribution in [2.45, 2.75) is 12.2 Å². The van der Waals surface area contributed by atoms with E-state index in [4.69, 9.17) is 9.84 Å². The van der Waals surface area contributed by atoms with Gasteiger partial charge in [0.25, 0.3) is 12.4 Å². The molecule has 118 valence electrons. The molecule has 8 nitrogen and oxygen atoms in total. The number of carboxylic acid groups (broad SMARTS) is 1. The van der Waals surface area contributed by atoms with Crippen LogP contribution in [0.2, 0.25) is 0 Å². The van der Waals surface area contributed by atoms with Crippen molar-refractivity contribution < 1.29 is 33.8 Å². The highest BCUT2D eigenvalue weighted by molar-refractivity contribution is 5.94. The topological polar surface area (TPSA) is 110 Å². The molecule has 0 spiro atoms. The largest absolute Gasteiger partial charge is 0.478 e. The van der Waals surface area contributed by atoms with Gasteiger partial charge < -0.3 is 19.5 Å². The lowest BCUT2D eigenvalue weighted by Gasteiger charge is -2.24. The Kier molecular flexibility index (Phi) is 6.06. The van der Waals surface area contributed by atoms with Gasteiger partial charge in [0, 0.05) is 14.1 Å². The smallest absolute Gasteiger partial charge is 0.349 e. The second kappa shape index (κ2) is 7.77. The minimum Gasteiger partial charge on any atom is -0.478 e. The van der Waals surface area contributed by atoms with Crippen LogP contribution in [-0.2, 0) is 23.9 Å². The van der Waals surface area contributed by atoms with Crippen molar-refractivity contribution >= 4 is 24.3 Å². The average Bonchev–Trinajstić information content (AvgIpc) is 2.50. The van der Waals surface area contributed by atoms with Crippen molar-refractivity contribution in [3.63, 3.8) is 0 Å². The summed E-state index contributed by atoms with van der Waals surface area (Å²) in [5.41, 5.74) is 0.107. The number of carbonyl (C=O) groups excluding carboxylic acids is 3. The molecule has 0 aliphatic rings. The quantitative estimate of drug-likeness (QED) is 0.554. The van der Waals surface area contributed by atoms with Gasteiger partial charge in [-0.25, -0.2) is 9.59 Å². The number of aliphatic carboxylic acids is 1. The number of ether oxygens (including phenoxy) is 2. The fourth-order valence-corrected chi connectivity index (χ4v) is 1.57. The van der Waals surface area contributed by atoms with Crippen molar-refractivity contribution in [1.82, 2.24) is 4.90 Å². The lowest BCUT2D eigenvalue weighted by molar-refractivity contribution is -0.168. The lowest BCUT2D eigenvalue weighted by atomic mass is 10.1. The molecule has 0 saturated heterocycles. The Hall–Kier alpha value is -2.90. The number of hydrogen-bond acceptors (Lipinski definition) is 6. The summed E-state index contributed by atoms with van der Waals surface area (Å²) in [6, 6.07) is 7.64. The molecule has 0 radical (unpaired) electrons. The van der Waals surface area contributed by atoms with Crippen LogP contribution in [0.15, 0.2) is 30.3 Å². The maximum absolute atomic E-state index is 11.9. The number of amides is 1. The van der Waals surface area contributed by atoms with E-state index < -0.39 is 30.1 Å². The number of nitrogens with zero attached hydrogens (tertiary/aromatic N) is 1. The molecule has 0 heterocycles. The van der Waals surface area contributed by atoms with Gasteiger partial charge in [0.15, 0.2) is 0 Å². The highest BCUT2D eigenvalue weighted by atomic mass is 16.6. The Morgan fingerprint density at radius 2 is 1.73 bits per heavy atom. The summed E-state index contributed by atoms with van der Waals surface area (Å²) in [5, 5.41) is 9.15. The predicted octanol–water partition coefficient (Wildman–Crippen LogP) is -0.0736. The van der Waals surface area contributed by atoms with E-state index >= 15 is 0 Å². The Morgan fingerprint density at radius 1 is 1.14 bits per heavy atom. The summed E-state index contributed by atoms with van der Waals surface area (Å²) in [4.78, 5) is 46.6. The summed E-state index contributed by atoms with van der Waals surface area (Å²) < 4.78 is 9.31. The molecule has 8 heteroatoms. The third-order valence-corrected chi connectivity index (χ3v) is 2.65. The van der Waals surface area contributed by atoms with Gasteiger partial charge in [0.2, 0.25) is 12.2 Å². The molecule has 1 N–H and O–H groups in total. The molecule has 0 bridgehead atoms. The molecule has 0 aromatic heterocycles. The molecule has 2 unspecified atom stereocenters. The first kappa shape index (κ1) is 17.2. The molecule has 0 aliphatic carbocycles. The zero-order valence-corrected chi connectivity index (χ0v) is 12.0. The van der Waals surface area contributed by atoms with Gasteiger partial charge in [-0.1, -0.05) is 18.2 Å². The normalized spacial score (nSPS) is 12.6. The first-order chi connectivity index (χ1) is 10.4. The van der Waals surface area contributed by atoms with Gasteiger partial charge in [-0.05, 0) is 12.1 Å². The van der Waals surface area contributed by atoms with Crippen LogP contribution in [0.4, 0.5) is 0 Å². The summed E-state index contributed by atoms with van der Waals surface area (Å²) in [5.74, 6) is -3.37. The van der Waals surface area contributed by atoms with Crippen LogP contribution >= 0.6 is 0 Å². The van der Waals surface area contributed by atoms with Crippen LogP contribution in [0.1, 0.15) is 10.4 Å². The Labute approximate surface area is 126 Å². The number of carbonyl (C=O) groups is 4. The van der Waals surface area contributed by atoms with Gasteiger partial charge in [-0.3, -0.25) is 9.59 Å². The van der Waals surface area contributed by atoms with Crippen molar-refractivity contribution in [3.05, 3.63) is 35.9 Å². The van der Waals surface area contributed by atoms with Gasteiger partial charge in [0.05, 0.1) is 5.56 Å².